The molecule has 5 nitrogen and oxygen atoms in total. The van der Waals surface area contributed by atoms with Crippen molar-refractivity contribution in [1.82, 2.24) is 20.0 Å². The zero-order chi connectivity index (χ0) is 15.5. The summed E-state index contributed by atoms with van der Waals surface area (Å²) in [5.74, 6) is 2.70. The lowest BCUT2D eigenvalue weighted by Gasteiger charge is -2.19. The molecular formula is C16H26N4OS. The number of hydrogen-bond acceptors (Lipinski definition) is 4. The van der Waals surface area contributed by atoms with E-state index in [1.807, 2.05) is 18.8 Å². The minimum Gasteiger partial charge on any atom is -0.348 e. The maximum atomic E-state index is 12.4. The van der Waals surface area contributed by atoms with E-state index >= 15 is 0 Å². The molecule has 1 amide bonds. The van der Waals surface area contributed by atoms with E-state index in [4.69, 9.17) is 0 Å². The van der Waals surface area contributed by atoms with Crippen molar-refractivity contribution >= 4 is 17.7 Å². The smallest absolute Gasteiger partial charge is 0.254 e. The quantitative estimate of drug-likeness (QED) is 0.775. The fraction of sp³-hybridized carbons (Fsp3) is 0.750. The molecule has 1 aromatic heterocycles. The molecule has 22 heavy (non-hydrogen) atoms. The Morgan fingerprint density at radius 3 is 2.91 bits per heavy atom. The zero-order valence-electron chi connectivity index (χ0n) is 13.5. The first-order valence-corrected chi connectivity index (χ1v) is 9.57. The van der Waals surface area contributed by atoms with Crippen molar-refractivity contribution in [2.45, 2.75) is 25.3 Å². The Morgan fingerprint density at radius 1 is 1.45 bits per heavy atom. The van der Waals surface area contributed by atoms with Gasteiger partial charge in [-0.25, -0.2) is 0 Å². The minimum atomic E-state index is 0.0229. The third kappa shape index (κ3) is 3.84. The van der Waals surface area contributed by atoms with Crippen LogP contribution in [0.4, 0.5) is 0 Å². The summed E-state index contributed by atoms with van der Waals surface area (Å²) < 4.78 is 1.68. The summed E-state index contributed by atoms with van der Waals surface area (Å²) >= 11 is 1.91. The largest absolute Gasteiger partial charge is 0.348 e. The molecule has 3 rings (SSSR count). The van der Waals surface area contributed by atoms with Crippen LogP contribution in [0.2, 0.25) is 0 Å². The predicted octanol–water partition coefficient (Wildman–Crippen LogP) is 1.61. The van der Waals surface area contributed by atoms with Crippen molar-refractivity contribution in [3.8, 4) is 0 Å². The summed E-state index contributed by atoms with van der Waals surface area (Å²) in [6.07, 6.45) is 9.50. The SMILES string of the molecule is CSCCCN1C[C@@H](NC(=O)c2cnn(C)c2)[C@H](C2CC2)C1. The van der Waals surface area contributed by atoms with Gasteiger partial charge in [0.2, 0.25) is 0 Å². The van der Waals surface area contributed by atoms with Gasteiger partial charge in [-0.15, -0.1) is 0 Å². The van der Waals surface area contributed by atoms with E-state index in [9.17, 15) is 4.79 Å². The number of amides is 1. The number of nitrogens with one attached hydrogen (secondary N) is 1. The van der Waals surface area contributed by atoms with Crippen molar-refractivity contribution in [1.29, 1.82) is 0 Å². The van der Waals surface area contributed by atoms with E-state index in [0.29, 0.717) is 17.5 Å². The molecule has 0 radical (unpaired) electrons. The second-order valence-corrected chi connectivity index (χ2v) is 7.58. The van der Waals surface area contributed by atoms with Gasteiger partial charge in [0.25, 0.3) is 5.91 Å². The number of aromatic nitrogens is 2. The van der Waals surface area contributed by atoms with Gasteiger partial charge in [-0.3, -0.25) is 9.48 Å². The Balaban J connectivity index is 1.57. The van der Waals surface area contributed by atoms with Gasteiger partial charge in [-0.2, -0.15) is 16.9 Å². The molecule has 2 atom stereocenters. The first-order chi connectivity index (χ1) is 10.7. The van der Waals surface area contributed by atoms with Gasteiger partial charge in [0.15, 0.2) is 0 Å². The summed E-state index contributed by atoms with van der Waals surface area (Å²) in [4.78, 5) is 14.9. The zero-order valence-corrected chi connectivity index (χ0v) is 14.3. The van der Waals surface area contributed by atoms with E-state index in [2.05, 4.69) is 21.6 Å². The fourth-order valence-corrected chi connectivity index (χ4v) is 3.89. The lowest BCUT2D eigenvalue weighted by Crippen LogP contribution is -2.41. The Kier molecular flexibility index (Phi) is 5.08. The Labute approximate surface area is 136 Å². The number of thioether (sulfide) groups is 1. The van der Waals surface area contributed by atoms with Gasteiger partial charge in [-0.05, 0) is 49.7 Å². The number of carbonyl (C=O) groups excluding carboxylic acids is 1. The average Bonchev–Trinajstić information content (AvgIpc) is 3.12. The average molecular weight is 322 g/mol. The van der Waals surface area contributed by atoms with Gasteiger partial charge < -0.3 is 10.2 Å². The molecule has 1 aliphatic heterocycles. The van der Waals surface area contributed by atoms with Crippen molar-refractivity contribution < 1.29 is 4.79 Å². The second kappa shape index (κ2) is 7.04. The van der Waals surface area contributed by atoms with Crippen molar-refractivity contribution in [2.75, 3.05) is 31.6 Å². The van der Waals surface area contributed by atoms with Crippen molar-refractivity contribution in [3.63, 3.8) is 0 Å². The molecule has 2 fully saturated rings. The topological polar surface area (TPSA) is 50.2 Å². The first-order valence-electron chi connectivity index (χ1n) is 8.18. The molecule has 6 heteroatoms. The predicted molar refractivity (Wildman–Crippen MR) is 90.1 cm³/mol. The normalized spacial score (nSPS) is 25.5. The molecule has 1 aromatic rings. The van der Waals surface area contributed by atoms with Crippen LogP contribution in [0.5, 0.6) is 0 Å². The van der Waals surface area contributed by atoms with E-state index in [-0.39, 0.29) is 5.91 Å². The van der Waals surface area contributed by atoms with Gasteiger partial charge in [0.05, 0.1) is 11.8 Å². The maximum absolute atomic E-state index is 12.4. The molecule has 1 saturated heterocycles. The van der Waals surface area contributed by atoms with Crippen molar-refractivity contribution in [3.05, 3.63) is 18.0 Å². The van der Waals surface area contributed by atoms with Crippen LogP contribution in [0.3, 0.4) is 0 Å². The molecule has 1 aliphatic carbocycles. The highest BCUT2D eigenvalue weighted by Gasteiger charge is 2.42. The summed E-state index contributed by atoms with van der Waals surface area (Å²) in [5, 5.41) is 7.35. The third-order valence-electron chi connectivity index (χ3n) is 4.77. The second-order valence-electron chi connectivity index (χ2n) is 6.59. The number of hydrogen-bond donors (Lipinski definition) is 1. The molecule has 0 unspecified atom stereocenters. The number of likely N-dealkylation sites (tertiary alicyclic amines) is 1. The van der Waals surface area contributed by atoms with Crippen LogP contribution in [0, 0.1) is 11.8 Å². The molecule has 1 N–H and O–H groups in total. The summed E-state index contributed by atoms with van der Waals surface area (Å²) in [6.45, 7) is 3.31. The number of rotatable bonds is 7. The molecule has 0 bridgehead atoms. The third-order valence-corrected chi connectivity index (χ3v) is 5.47. The molecule has 1 saturated carbocycles. The van der Waals surface area contributed by atoms with Gasteiger partial charge in [0.1, 0.15) is 0 Å². The summed E-state index contributed by atoms with van der Waals surface area (Å²) in [7, 11) is 1.84. The highest BCUT2D eigenvalue weighted by molar-refractivity contribution is 7.98. The lowest BCUT2D eigenvalue weighted by molar-refractivity contribution is 0.0928. The minimum absolute atomic E-state index is 0.0229. The van der Waals surface area contributed by atoms with E-state index in [0.717, 1.165) is 25.6 Å². The Morgan fingerprint density at radius 2 is 2.27 bits per heavy atom. The van der Waals surface area contributed by atoms with Crippen LogP contribution in [0.1, 0.15) is 29.6 Å². The van der Waals surface area contributed by atoms with Gasteiger partial charge in [0, 0.05) is 32.4 Å². The van der Waals surface area contributed by atoms with Crippen LogP contribution in [-0.4, -0.2) is 58.3 Å². The molecule has 122 valence electrons. The van der Waals surface area contributed by atoms with Crippen molar-refractivity contribution in [2.24, 2.45) is 18.9 Å². The van der Waals surface area contributed by atoms with Crippen LogP contribution >= 0.6 is 11.8 Å². The van der Waals surface area contributed by atoms with E-state index in [1.165, 1.54) is 25.0 Å². The molecule has 2 heterocycles. The van der Waals surface area contributed by atoms with Crippen LogP contribution in [0.15, 0.2) is 12.4 Å². The summed E-state index contributed by atoms with van der Waals surface area (Å²) in [6, 6.07) is 0.300. The molecule has 2 aliphatic rings. The number of nitrogens with zero attached hydrogens (tertiary/aromatic N) is 3. The fourth-order valence-electron chi connectivity index (χ4n) is 3.47. The van der Waals surface area contributed by atoms with E-state index < -0.39 is 0 Å². The maximum Gasteiger partial charge on any atom is 0.254 e. The van der Waals surface area contributed by atoms with Crippen LogP contribution in [0.25, 0.3) is 0 Å². The van der Waals surface area contributed by atoms with E-state index in [1.54, 1.807) is 17.1 Å². The molecule has 0 aromatic carbocycles. The van der Waals surface area contributed by atoms with Crippen LogP contribution < -0.4 is 5.32 Å². The Hall–Kier alpha value is -1.01. The number of aryl methyl sites for hydroxylation is 1. The van der Waals surface area contributed by atoms with Gasteiger partial charge >= 0.3 is 0 Å². The molecular weight excluding hydrogens is 296 g/mol. The van der Waals surface area contributed by atoms with Crippen LogP contribution in [-0.2, 0) is 7.05 Å². The Bertz CT molecular complexity index is 514. The first kappa shape index (κ1) is 15.9. The standard InChI is InChI=1S/C16H26N4OS/c1-19-9-13(8-17-19)16(21)18-15-11-20(6-3-7-22-2)10-14(15)12-4-5-12/h8-9,12,14-15H,3-7,10-11H2,1-2H3,(H,18,21)/t14-,15+/m0/s1. The monoisotopic (exact) mass is 322 g/mol. The number of carbonyl (C=O) groups is 1. The van der Waals surface area contributed by atoms with Gasteiger partial charge in [-0.1, -0.05) is 0 Å². The molecule has 0 spiro atoms. The summed E-state index contributed by atoms with van der Waals surface area (Å²) in [5.41, 5.74) is 0.665. The highest BCUT2D eigenvalue weighted by Crippen LogP contribution is 2.41. The highest BCUT2D eigenvalue weighted by atomic mass is 32.2. The lowest BCUT2D eigenvalue weighted by atomic mass is 9.98.